The van der Waals surface area contributed by atoms with Crippen LogP contribution >= 0.6 is 0 Å². The van der Waals surface area contributed by atoms with Gasteiger partial charge in [0.25, 0.3) is 0 Å². The zero-order valence-electron chi connectivity index (χ0n) is 7.85. The van der Waals surface area contributed by atoms with Crippen molar-refractivity contribution in [3.05, 3.63) is 11.8 Å². The van der Waals surface area contributed by atoms with Crippen molar-refractivity contribution >= 4 is 5.97 Å². The normalized spacial score (nSPS) is 16.2. The van der Waals surface area contributed by atoms with Crippen LogP contribution in [0.4, 0.5) is 0 Å². The molecule has 0 aliphatic carbocycles. The molecule has 0 spiro atoms. The SMILES string of the molecule is CO/C=C(\C)C(=O)OC(O)C(C)O. The summed E-state index contributed by atoms with van der Waals surface area (Å²) in [5.41, 5.74) is 0.210. The highest BCUT2D eigenvalue weighted by atomic mass is 16.6. The molecule has 0 aromatic rings. The van der Waals surface area contributed by atoms with Crippen molar-refractivity contribution in [2.24, 2.45) is 0 Å². The molecule has 76 valence electrons. The highest BCUT2D eigenvalue weighted by molar-refractivity contribution is 5.87. The summed E-state index contributed by atoms with van der Waals surface area (Å²) < 4.78 is 9.00. The number of rotatable bonds is 4. The van der Waals surface area contributed by atoms with Gasteiger partial charge in [0, 0.05) is 0 Å². The first-order valence-corrected chi connectivity index (χ1v) is 3.75. The zero-order valence-corrected chi connectivity index (χ0v) is 7.85. The lowest BCUT2D eigenvalue weighted by atomic mass is 10.3. The third kappa shape index (κ3) is 4.49. The van der Waals surface area contributed by atoms with Crippen molar-refractivity contribution in [1.82, 2.24) is 0 Å². The predicted octanol–water partition coefficient (Wildman–Crippen LogP) is -0.221. The fraction of sp³-hybridized carbons (Fsp3) is 0.625. The zero-order chi connectivity index (χ0) is 10.4. The molecule has 0 aromatic carbocycles. The van der Waals surface area contributed by atoms with Gasteiger partial charge in [0.2, 0.25) is 6.29 Å². The number of carbonyl (C=O) groups excluding carboxylic acids is 1. The number of hydrogen-bond donors (Lipinski definition) is 2. The summed E-state index contributed by atoms with van der Waals surface area (Å²) in [7, 11) is 1.39. The minimum Gasteiger partial charge on any atom is -0.504 e. The van der Waals surface area contributed by atoms with Crippen molar-refractivity contribution in [2.75, 3.05) is 7.11 Å². The van der Waals surface area contributed by atoms with E-state index in [1.807, 2.05) is 0 Å². The number of aliphatic hydroxyl groups excluding tert-OH is 2. The molecule has 0 bridgehead atoms. The van der Waals surface area contributed by atoms with Crippen molar-refractivity contribution in [3.63, 3.8) is 0 Å². The Bertz CT molecular complexity index is 197. The Hall–Kier alpha value is -1.07. The minimum absolute atomic E-state index is 0.210. The molecule has 13 heavy (non-hydrogen) atoms. The monoisotopic (exact) mass is 190 g/mol. The summed E-state index contributed by atoms with van der Waals surface area (Å²) in [5.74, 6) is -0.727. The van der Waals surface area contributed by atoms with Gasteiger partial charge in [-0.25, -0.2) is 4.79 Å². The van der Waals surface area contributed by atoms with E-state index in [-0.39, 0.29) is 5.57 Å². The molecule has 2 N–H and O–H groups in total. The number of ether oxygens (including phenoxy) is 2. The fourth-order valence-corrected chi connectivity index (χ4v) is 0.526. The molecule has 0 saturated carbocycles. The van der Waals surface area contributed by atoms with Crippen LogP contribution in [-0.4, -0.2) is 35.7 Å². The van der Waals surface area contributed by atoms with Crippen LogP contribution in [0.1, 0.15) is 13.8 Å². The molecule has 0 aliphatic heterocycles. The van der Waals surface area contributed by atoms with E-state index in [1.165, 1.54) is 27.2 Å². The van der Waals surface area contributed by atoms with Gasteiger partial charge >= 0.3 is 5.97 Å². The molecule has 0 aliphatic rings. The number of methoxy groups -OCH3 is 1. The fourth-order valence-electron chi connectivity index (χ4n) is 0.526. The second-order valence-electron chi connectivity index (χ2n) is 2.57. The molecule has 0 amide bonds. The lowest BCUT2D eigenvalue weighted by Crippen LogP contribution is -2.28. The Labute approximate surface area is 76.6 Å². The quantitative estimate of drug-likeness (QED) is 0.277. The largest absolute Gasteiger partial charge is 0.504 e. The second-order valence-corrected chi connectivity index (χ2v) is 2.57. The molecular formula is C8H14O5. The molecule has 5 heteroatoms. The van der Waals surface area contributed by atoms with Gasteiger partial charge in [0.15, 0.2) is 0 Å². The molecular weight excluding hydrogens is 176 g/mol. The van der Waals surface area contributed by atoms with Crippen LogP contribution < -0.4 is 0 Å². The van der Waals surface area contributed by atoms with Crippen LogP contribution in [0.25, 0.3) is 0 Å². The summed E-state index contributed by atoms with van der Waals surface area (Å²) in [6.07, 6.45) is -1.43. The second kappa shape index (κ2) is 5.55. The predicted molar refractivity (Wildman–Crippen MR) is 44.5 cm³/mol. The molecule has 5 nitrogen and oxygen atoms in total. The summed E-state index contributed by atoms with van der Waals surface area (Å²) in [6, 6.07) is 0. The highest BCUT2D eigenvalue weighted by Crippen LogP contribution is 2.01. The van der Waals surface area contributed by atoms with E-state index in [4.69, 9.17) is 10.2 Å². The Morgan fingerprint density at radius 2 is 2.00 bits per heavy atom. The number of aliphatic hydroxyl groups is 2. The summed E-state index contributed by atoms with van der Waals surface area (Å²) >= 11 is 0. The van der Waals surface area contributed by atoms with Crippen LogP contribution in [-0.2, 0) is 14.3 Å². The molecule has 2 atom stereocenters. The molecule has 0 fully saturated rings. The van der Waals surface area contributed by atoms with Gasteiger partial charge in [0.05, 0.1) is 18.9 Å². The Morgan fingerprint density at radius 1 is 1.46 bits per heavy atom. The summed E-state index contributed by atoms with van der Waals surface area (Å²) in [6.45, 7) is 2.79. The van der Waals surface area contributed by atoms with E-state index >= 15 is 0 Å². The van der Waals surface area contributed by atoms with Crippen LogP contribution in [0.5, 0.6) is 0 Å². The third-order valence-corrected chi connectivity index (χ3v) is 1.26. The van der Waals surface area contributed by atoms with E-state index < -0.39 is 18.4 Å². The van der Waals surface area contributed by atoms with Crippen LogP contribution in [0.15, 0.2) is 11.8 Å². The standard InChI is InChI=1S/C8H14O5/c1-5(4-12-3)7(10)13-8(11)6(2)9/h4,6,8-9,11H,1-3H3/b5-4+. The molecule has 0 rings (SSSR count). The van der Waals surface area contributed by atoms with Crippen molar-refractivity contribution in [1.29, 1.82) is 0 Å². The molecule has 0 saturated heterocycles. The van der Waals surface area contributed by atoms with Crippen molar-refractivity contribution in [2.45, 2.75) is 26.2 Å². The van der Waals surface area contributed by atoms with E-state index in [9.17, 15) is 4.79 Å². The van der Waals surface area contributed by atoms with E-state index in [2.05, 4.69) is 9.47 Å². The number of carbonyl (C=O) groups is 1. The topological polar surface area (TPSA) is 76.0 Å². The summed E-state index contributed by atoms with van der Waals surface area (Å²) in [5, 5.41) is 17.8. The van der Waals surface area contributed by atoms with Gasteiger partial charge < -0.3 is 19.7 Å². The summed E-state index contributed by atoms with van der Waals surface area (Å²) in [4.78, 5) is 11.0. The molecule has 0 heterocycles. The first kappa shape index (κ1) is 11.9. The van der Waals surface area contributed by atoms with Crippen LogP contribution in [0.3, 0.4) is 0 Å². The Kier molecular flexibility index (Phi) is 5.10. The average molecular weight is 190 g/mol. The van der Waals surface area contributed by atoms with Crippen LogP contribution in [0.2, 0.25) is 0 Å². The van der Waals surface area contributed by atoms with Gasteiger partial charge in [-0.05, 0) is 13.8 Å². The highest BCUT2D eigenvalue weighted by Gasteiger charge is 2.17. The minimum atomic E-state index is -1.51. The van der Waals surface area contributed by atoms with Gasteiger partial charge in [-0.3, -0.25) is 0 Å². The van der Waals surface area contributed by atoms with Gasteiger partial charge in [-0.15, -0.1) is 0 Å². The smallest absolute Gasteiger partial charge is 0.339 e. The van der Waals surface area contributed by atoms with E-state index in [1.54, 1.807) is 0 Å². The number of esters is 1. The molecule has 0 aromatic heterocycles. The maximum absolute atomic E-state index is 11.0. The maximum Gasteiger partial charge on any atom is 0.339 e. The average Bonchev–Trinajstić information content (AvgIpc) is 2.04. The Morgan fingerprint density at radius 3 is 2.38 bits per heavy atom. The van der Waals surface area contributed by atoms with Crippen molar-refractivity contribution < 1.29 is 24.5 Å². The first-order valence-electron chi connectivity index (χ1n) is 3.75. The molecule has 2 unspecified atom stereocenters. The van der Waals surface area contributed by atoms with E-state index in [0.717, 1.165) is 0 Å². The molecule has 0 radical (unpaired) electrons. The number of hydrogen-bond acceptors (Lipinski definition) is 5. The Balaban J connectivity index is 4.08. The third-order valence-electron chi connectivity index (χ3n) is 1.26. The van der Waals surface area contributed by atoms with Crippen molar-refractivity contribution in [3.8, 4) is 0 Å². The lowest BCUT2D eigenvalue weighted by Gasteiger charge is -2.14. The van der Waals surface area contributed by atoms with Crippen LogP contribution in [0, 0.1) is 0 Å². The maximum atomic E-state index is 11.0. The van der Waals surface area contributed by atoms with Gasteiger partial charge in [-0.2, -0.15) is 0 Å². The van der Waals surface area contributed by atoms with E-state index in [0.29, 0.717) is 0 Å². The first-order chi connectivity index (χ1) is 5.99. The van der Waals surface area contributed by atoms with Gasteiger partial charge in [0.1, 0.15) is 6.10 Å². The van der Waals surface area contributed by atoms with Gasteiger partial charge in [-0.1, -0.05) is 0 Å². The lowest BCUT2D eigenvalue weighted by molar-refractivity contribution is -0.180.